The summed E-state index contributed by atoms with van der Waals surface area (Å²) in [5.74, 6) is 1.06. The van der Waals surface area contributed by atoms with Crippen LogP contribution in [0.25, 0.3) is 0 Å². The Morgan fingerprint density at radius 2 is 1.93 bits per heavy atom. The van der Waals surface area contributed by atoms with Crippen LogP contribution in [-0.2, 0) is 16.0 Å². The molecule has 1 fully saturated rings. The molecule has 1 aromatic carbocycles. The summed E-state index contributed by atoms with van der Waals surface area (Å²) in [7, 11) is 1.65. The predicted octanol–water partition coefficient (Wildman–Crippen LogP) is 4.27. The van der Waals surface area contributed by atoms with Gasteiger partial charge in [0.1, 0.15) is 12.3 Å². The van der Waals surface area contributed by atoms with Gasteiger partial charge in [-0.05, 0) is 67.8 Å². The molecule has 0 N–H and O–H groups in total. The summed E-state index contributed by atoms with van der Waals surface area (Å²) in [5.41, 5.74) is 2.27. The van der Waals surface area contributed by atoms with Gasteiger partial charge in [0.2, 0.25) is 11.8 Å². The summed E-state index contributed by atoms with van der Waals surface area (Å²) < 4.78 is 5.31. The van der Waals surface area contributed by atoms with Crippen LogP contribution in [0.3, 0.4) is 0 Å². The van der Waals surface area contributed by atoms with Crippen molar-refractivity contribution in [1.82, 2.24) is 9.80 Å². The molecule has 2 aliphatic rings. The highest BCUT2D eigenvalue weighted by atomic mass is 32.1. The molecule has 1 atom stereocenters. The monoisotopic (exact) mass is 426 g/mol. The number of carbonyl (C=O) groups is 2. The van der Waals surface area contributed by atoms with E-state index in [-0.39, 0.29) is 36.4 Å². The van der Waals surface area contributed by atoms with Crippen LogP contribution in [0, 0.1) is 5.92 Å². The van der Waals surface area contributed by atoms with Crippen LogP contribution in [0.2, 0.25) is 0 Å². The maximum atomic E-state index is 13.5. The summed E-state index contributed by atoms with van der Waals surface area (Å²) >= 11 is 1.76. The summed E-state index contributed by atoms with van der Waals surface area (Å²) in [6.07, 6.45) is 3.88. The maximum Gasteiger partial charge on any atom is 0.243 e. The van der Waals surface area contributed by atoms with Crippen molar-refractivity contribution >= 4 is 23.2 Å². The standard InChI is InChI=1S/C24H30N2O3S/c1-16(2)26(24(28)18-5-4-6-18)15-22(27)25-13-11-21-20(12-14-30-21)23(25)17-7-9-19(29-3)10-8-17/h7-10,12,14,16,18,23H,4-6,11,13,15H2,1-3H3/t23-/m0/s1. The number of amides is 2. The van der Waals surface area contributed by atoms with Crippen molar-refractivity contribution < 1.29 is 14.3 Å². The van der Waals surface area contributed by atoms with E-state index in [1.807, 2.05) is 43.0 Å². The van der Waals surface area contributed by atoms with Gasteiger partial charge in [0, 0.05) is 23.4 Å². The zero-order valence-corrected chi connectivity index (χ0v) is 18.8. The van der Waals surface area contributed by atoms with Crippen LogP contribution in [-0.4, -0.2) is 47.9 Å². The van der Waals surface area contributed by atoms with Crippen molar-refractivity contribution in [3.63, 3.8) is 0 Å². The Bertz CT molecular complexity index is 901. The average molecular weight is 427 g/mol. The summed E-state index contributed by atoms with van der Waals surface area (Å²) in [5, 5.41) is 2.11. The van der Waals surface area contributed by atoms with Crippen LogP contribution in [0.1, 0.15) is 55.2 Å². The first-order valence-electron chi connectivity index (χ1n) is 10.8. The van der Waals surface area contributed by atoms with Gasteiger partial charge in [-0.15, -0.1) is 11.3 Å². The number of nitrogens with zero attached hydrogens (tertiary/aromatic N) is 2. The summed E-state index contributed by atoms with van der Waals surface area (Å²) in [6.45, 7) is 4.82. The van der Waals surface area contributed by atoms with Gasteiger partial charge < -0.3 is 14.5 Å². The Morgan fingerprint density at radius 1 is 1.20 bits per heavy atom. The van der Waals surface area contributed by atoms with Crippen LogP contribution in [0.15, 0.2) is 35.7 Å². The molecular weight excluding hydrogens is 396 g/mol. The molecule has 160 valence electrons. The zero-order chi connectivity index (χ0) is 21.3. The van der Waals surface area contributed by atoms with Crippen LogP contribution in [0.5, 0.6) is 5.75 Å². The first kappa shape index (κ1) is 20.9. The molecule has 0 radical (unpaired) electrons. The molecule has 2 amide bonds. The molecule has 2 aromatic rings. The number of methoxy groups -OCH3 is 1. The molecule has 5 nitrogen and oxygen atoms in total. The lowest BCUT2D eigenvalue weighted by atomic mass is 9.84. The number of hydrogen-bond donors (Lipinski definition) is 0. The Balaban J connectivity index is 1.60. The molecule has 1 saturated carbocycles. The molecule has 0 spiro atoms. The number of ether oxygens (including phenoxy) is 1. The molecule has 1 aliphatic carbocycles. The van der Waals surface area contributed by atoms with E-state index in [2.05, 4.69) is 11.4 Å². The van der Waals surface area contributed by atoms with E-state index >= 15 is 0 Å². The van der Waals surface area contributed by atoms with Crippen molar-refractivity contribution in [3.8, 4) is 5.75 Å². The SMILES string of the molecule is COc1ccc([C@H]2c3ccsc3CCN2C(=O)CN(C(=O)C2CCC2)C(C)C)cc1. The molecule has 0 unspecified atom stereocenters. The second-order valence-electron chi connectivity index (χ2n) is 8.50. The van der Waals surface area contributed by atoms with Crippen LogP contribution in [0.4, 0.5) is 0 Å². The number of rotatable bonds is 6. The smallest absolute Gasteiger partial charge is 0.243 e. The van der Waals surface area contributed by atoms with E-state index in [9.17, 15) is 9.59 Å². The van der Waals surface area contributed by atoms with Crippen molar-refractivity contribution in [2.45, 2.75) is 51.6 Å². The largest absolute Gasteiger partial charge is 0.497 e. The quantitative estimate of drug-likeness (QED) is 0.693. The van der Waals surface area contributed by atoms with Crippen LogP contribution < -0.4 is 4.74 Å². The highest BCUT2D eigenvalue weighted by Gasteiger charge is 2.36. The summed E-state index contributed by atoms with van der Waals surface area (Å²) in [4.78, 5) is 31.5. The lowest BCUT2D eigenvalue weighted by molar-refractivity contribution is -0.147. The van der Waals surface area contributed by atoms with Crippen molar-refractivity contribution in [3.05, 3.63) is 51.7 Å². The second kappa shape index (κ2) is 8.80. The van der Waals surface area contributed by atoms with Gasteiger partial charge in [0.05, 0.1) is 13.2 Å². The lowest BCUT2D eigenvalue weighted by Gasteiger charge is -2.39. The fourth-order valence-corrected chi connectivity index (χ4v) is 5.28. The minimum absolute atomic E-state index is 0.0167. The molecular formula is C24H30N2O3S. The first-order chi connectivity index (χ1) is 14.5. The van der Waals surface area contributed by atoms with Crippen molar-refractivity contribution in [2.24, 2.45) is 5.92 Å². The number of hydrogen-bond acceptors (Lipinski definition) is 4. The fraction of sp³-hybridized carbons (Fsp3) is 0.500. The Hall–Kier alpha value is -2.34. The minimum atomic E-state index is -0.119. The van der Waals surface area contributed by atoms with Gasteiger partial charge in [-0.25, -0.2) is 0 Å². The lowest BCUT2D eigenvalue weighted by Crippen LogP contribution is -2.50. The minimum Gasteiger partial charge on any atom is -0.497 e. The van der Waals surface area contributed by atoms with E-state index in [1.165, 1.54) is 10.4 Å². The third-order valence-corrected chi connectivity index (χ3v) is 7.38. The molecule has 1 aliphatic heterocycles. The van der Waals surface area contributed by atoms with E-state index in [0.29, 0.717) is 6.54 Å². The normalized spacial score (nSPS) is 18.7. The first-order valence-corrected chi connectivity index (χ1v) is 11.7. The third-order valence-electron chi connectivity index (χ3n) is 6.38. The van der Waals surface area contributed by atoms with Gasteiger partial charge >= 0.3 is 0 Å². The van der Waals surface area contributed by atoms with E-state index in [0.717, 1.165) is 37.0 Å². The Labute approximate surface area is 182 Å². The molecule has 6 heteroatoms. The zero-order valence-electron chi connectivity index (χ0n) is 18.0. The second-order valence-corrected chi connectivity index (χ2v) is 9.50. The van der Waals surface area contributed by atoms with Gasteiger partial charge in [-0.2, -0.15) is 0 Å². The Morgan fingerprint density at radius 3 is 2.53 bits per heavy atom. The molecule has 0 saturated heterocycles. The van der Waals surface area contributed by atoms with Gasteiger partial charge in [0.25, 0.3) is 0 Å². The molecule has 0 bridgehead atoms. The highest BCUT2D eigenvalue weighted by molar-refractivity contribution is 7.10. The Kier molecular flexibility index (Phi) is 6.14. The van der Waals surface area contributed by atoms with Gasteiger partial charge in [0.15, 0.2) is 0 Å². The molecule has 4 rings (SSSR count). The molecule has 2 heterocycles. The average Bonchev–Trinajstić information content (AvgIpc) is 3.18. The van der Waals surface area contributed by atoms with Crippen LogP contribution >= 0.6 is 11.3 Å². The predicted molar refractivity (Wildman–Crippen MR) is 119 cm³/mol. The number of thiophene rings is 1. The maximum absolute atomic E-state index is 13.5. The van der Waals surface area contributed by atoms with Gasteiger partial charge in [-0.3, -0.25) is 9.59 Å². The molecule has 1 aromatic heterocycles. The van der Waals surface area contributed by atoms with E-state index in [1.54, 1.807) is 23.3 Å². The third kappa shape index (κ3) is 3.97. The van der Waals surface area contributed by atoms with E-state index < -0.39 is 0 Å². The summed E-state index contributed by atoms with van der Waals surface area (Å²) in [6, 6.07) is 9.99. The van der Waals surface area contributed by atoms with Gasteiger partial charge in [-0.1, -0.05) is 18.6 Å². The molecule has 30 heavy (non-hydrogen) atoms. The highest BCUT2D eigenvalue weighted by Crippen LogP contribution is 2.38. The van der Waals surface area contributed by atoms with Crippen molar-refractivity contribution in [2.75, 3.05) is 20.2 Å². The number of benzene rings is 1. The fourth-order valence-electron chi connectivity index (χ4n) is 4.37. The topological polar surface area (TPSA) is 49.9 Å². The van der Waals surface area contributed by atoms with Crippen molar-refractivity contribution in [1.29, 1.82) is 0 Å². The number of carbonyl (C=O) groups excluding carboxylic acids is 2. The van der Waals surface area contributed by atoms with E-state index in [4.69, 9.17) is 4.74 Å². The number of fused-ring (bicyclic) bond motifs is 1.